The summed E-state index contributed by atoms with van der Waals surface area (Å²) in [6.45, 7) is 4.02. The van der Waals surface area contributed by atoms with E-state index in [-0.39, 0.29) is 6.04 Å². The number of nitrogens with zero attached hydrogens (tertiary/aromatic N) is 5. The van der Waals surface area contributed by atoms with Crippen LogP contribution in [-0.4, -0.2) is 39.9 Å². The molecule has 3 rings (SSSR count). The van der Waals surface area contributed by atoms with Crippen LogP contribution in [0.5, 0.6) is 0 Å². The van der Waals surface area contributed by atoms with Crippen LogP contribution in [-0.2, 0) is 0 Å². The van der Waals surface area contributed by atoms with Crippen LogP contribution < -0.4 is 0 Å². The molecule has 6 heteroatoms. The highest BCUT2D eigenvalue weighted by molar-refractivity contribution is 6.30. The second-order valence-electron chi connectivity index (χ2n) is 6.28. The molecule has 26 heavy (non-hydrogen) atoms. The molecule has 5 nitrogen and oxygen atoms in total. The number of benzene rings is 1. The third-order valence-electron chi connectivity index (χ3n) is 4.18. The molecule has 1 unspecified atom stereocenters. The van der Waals surface area contributed by atoms with Gasteiger partial charge in [0, 0.05) is 30.4 Å². The van der Waals surface area contributed by atoms with E-state index in [1.807, 2.05) is 57.1 Å². The van der Waals surface area contributed by atoms with Crippen LogP contribution in [0.3, 0.4) is 0 Å². The average molecular weight is 366 g/mol. The molecule has 0 aliphatic rings. The van der Waals surface area contributed by atoms with Gasteiger partial charge in [-0.15, -0.1) is 6.42 Å². The lowest BCUT2D eigenvalue weighted by Gasteiger charge is -2.11. The van der Waals surface area contributed by atoms with Crippen LogP contribution in [0.1, 0.15) is 18.7 Å². The second kappa shape index (κ2) is 7.19. The Morgan fingerprint density at radius 1 is 1.27 bits per heavy atom. The maximum Gasteiger partial charge on any atom is 0.166 e. The van der Waals surface area contributed by atoms with Crippen molar-refractivity contribution in [3.05, 3.63) is 41.3 Å². The molecular formula is C20H20ClN5. The van der Waals surface area contributed by atoms with Crippen molar-refractivity contribution in [3.63, 3.8) is 0 Å². The predicted molar refractivity (Wildman–Crippen MR) is 108 cm³/mol. The van der Waals surface area contributed by atoms with Crippen molar-refractivity contribution in [2.45, 2.75) is 19.9 Å². The Bertz CT molecular complexity index is 1010. The number of aromatic nitrogens is 3. The molecule has 0 bridgehead atoms. The van der Waals surface area contributed by atoms with Gasteiger partial charge in [-0.05, 0) is 31.5 Å². The van der Waals surface area contributed by atoms with E-state index in [1.165, 1.54) is 6.33 Å². The molecule has 0 aliphatic heterocycles. The Kier molecular flexibility index (Phi) is 4.97. The van der Waals surface area contributed by atoms with Crippen molar-refractivity contribution in [2.24, 2.45) is 4.99 Å². The third kappa shape index (κ3) is 3.16. The highest BCUT2D eigenvalue weighted by Gasteiger charge is 2.22. The minimum atomic E-state index is -0.140. The summed E-state index contributed by atoms with van der Waals surface area (Å²) in [6.07, 6.45) is 8.95. The van der Waals surface area contributed by atoms with E-state index in [0.29, 0.717) is 10.8 Å². The number of hydrogen-bond acceptors (Lipinski definition) is 3. The zero-order valence-electron chi connectivity index (χ0n) is 15.2. The third-order valence-corrected chi connectivity index (χ3v) is 4.43. The minimum Gasteiger partial charge on any atom is -0.369 e. The molecule has 0 spiro atoms. The zero-order valence-corrected chi connectivity index (χ0v) is 16.0. The van der Waals surface area contributed by atoms with Gasteiger partial charge in [-0.1, -0.05) is 29.7 Å². The van der Waals surface area contributed by atoms with Crippen LogP contribution in [0.25, 0.3) is 22.2 Å². The Morgan fingerprint density at radius 2 is 1.96 bits per heavy atom. The van der Waals surface area contributed by atoms with Crippen molar-refractivity contribution in [2.75, 3.05) is 14.1 Å². The van der Waals surface area contributed by atoms with Gasteiger partial charge in [0.25, 0.3) is 0 Å². The quantitative estimate of drug-likeness (QED) is 0.389. The summed E-state index contributed by atoms with van der Waals surface area (Å²) in [4.78, 5) is 15.3. The van der Waals surface area contributed by atoms with Gasteiger partial charge >= 0.3 is 0 Å². The molecule has 2 aromatic heterocycles. The van der Waals surface area contributed by atoms with Gasteiger partial charge in [0.1, 0.15) is 12.0 Å². The standard InChI is InChI=1S/C20H20ClN5/c1-6-13(2)26-14(3)17(15-7-9-16(21)10-8-15)18-19(24-12-25(4)5)22-11-23-20(18)26/h1,7-13H,2-5H3/b24-12+. The zero-order chi connectivity index (χ0) is 18.8. The topological polar surface area (TPSA) is 46.3 Å². The van der Waals surface area contributed by atoms with E-state index < -0.39 is 0 Å². The molecule has 3 aromatic rings. The van der Waals surface area contributed by atoms with E-state index in [1.54, 1.807) is 6.34 Å². The van der Waals surface area contributed by atoms with Crippen LogP contribution in [0.2, 0.25) is 5.02 Å². The largest absolute Gasteiger partial charge is 0.369 e. The lowest BCUT2D eigenvalue weighted by Crippen LogP contribution is -2.07. The number of halogens is 1. The molecule has 0 radical (unpaired) electrons. The summed E-state index contributed by atoms with van der Waals surface area (Å²) < 4.78 is 2.05. The Labute approximate surface area is 158 Å². The fourth-order valence-corrected chi connectivity index (χ4v) is 3.15. The highest BCUT2D eigenvalue weighted by Crippen LogP contribution is 2.39. The molecule has 1 atom stereocenters. The maximum absolute atomic E-state index is 6.07. The molecule has 0 fully saturated rings. The molecule has 0 amide bonds. The first-order chi connectivity index (χ1) is 12.4. The van der Waals surface area contributed by atoms with Crippen LogP contribution in [0.15, 0.2) is 35.6 Å². The summed E-state index contributed by atoms with van der Waals surface area (Å²) in [5.74, 6) is 3.40. The summed E-state index contributed by atoms with van der Waals surface area (Å²) in [5, 5.41) is 1.57. The maximum atomic E-state index is 6.07. The Balaban J connectivity index is 2.39. The van der Waals surface area contributed by atoms with Gasteiger partial charge in [-0.3, -0.25) is 0 Å². The lowest BCUT2D eigenvalue weighted by atomic mass is 10.0. The molecule has 0 aliphatic carbocycles. The van der Waals surface area contributed by atoms with E-state index in [0.717, 1.165) is 27.9 Å². The van der Waals surface area contributed by atoms with Crippen molar-refractivity contribution >= 4 is 34.8 Å². The van der Waals surface area contributed by atoms with Crippen molar-refractivity contribution in [1.82, 2.24) is 19.4 Å². The highest BCUT2D eigenvalue weighted by atomic mass is 35.5. The molecular weight excluding hydrogens is 346 g/mol. The number of rotatable bonds is 4. The van der Waals surface area contributed by atoms with Crippen molar-refractivity contribution < 1.29 is 0 Å². The van der Waals surface area contributed by atoms with Gasteiger partial charge in [0.2, 0.25) is 0 Å². The molecule has 0 N–H and O–H groups in total. The first-order valence-electron chi connectivity index (χ1n) is 8.22. The van der Waals surface area contributed by atoms with Gasteiger partial charge in [-0.2, -0.15) is 0 Å². The predicted octanol–water partition coefficient (Wildman–Crippen LogP) is 4.48. The first-order valence-corrected chi connectivity index (χ1v) is 8.60. The number of hydrogen-bond donors (Lipinski definition) is 0. The van der Waals surface area contributed by atoms with Crippen molar-refractivity contribution in [1.29, 1.82) is 0 Å². The first kappa shape index (κ1) is 18.0. The van der Waals surface area contributed by atoms with Crippen LogP contribution in [0.4, 0.5) is 5.82 Å². The fourth-order valence-electron chi connectivity index (χ4n) is 3.02. The second-order valence-corrected chi connectivity index (χ2v) is 6.72. The molecule has 132 valence electrons. The van der Waals surface area contributed by atoms with Crippen LogP contribution >= 0.6 is 11.6 Å². The lowest BCUT2D eigenvalue weighted by molar-refractivity contribution is 0.643. The molecule has 1 aromatic carbocycles. The number of terminal acetylenes is 1. The van der Waals surface area contributed by atoms with Gasteiger partial charge in [0.05, 0.1) is 17.8 Å². The fraction of sp³-hybridized carbons (Fsp3) is 0.250. The number of fused-ring (bicyclic) bond motifs is 1. The number of aliphatic imine (C=N–C) groups is 1. The van der Waals surface area contributed by atoms with E-state index in [9.17, 15) is 0 Å². The van der Waals surface area contributed by atoms with Crippen molar-refractivity contribution in [3.8, 4) is 23.5 Å². The SMILES string of the molecule is C#CC(C)n1c(C)c(-c2ccc(Cl)cc2)c2c(/N=C/N(C)C)ncnc21. The van der Waals surface area contributed by atoms with Crippen LogP contribution in [0, 0.1) is 19.3 Å². The smallest absolute Gasteiger partial charge is 0.166 e. The summed E-state index contributed by atoms with van der Waals surface area (Å²) in [6, 6.07) is 7.58. The van der Waals surface area contributed by atoms with E-state index in [2.05, 4.69) is 25.4 Å². The molecule has 0 saturated heterocycles. The summed E-state index contributed by atoms with van der Waals surface area (Å²) in [5.41, 5.74) is 3.84. The molecule has 2 heterocycles. The molecule has 0 saturated carbocycles. The normalized spacial score (nSPS) is 12.5. The summed E-state index contributed by atoms with van der Waals surface area (Å²) in [7, 11) is 3.83. The van der Waals surface area contributed by atoms with Gasteiger partial charge in [-0.25, -0.2) is 15.0 Å². The summed E-state index contributed by atoms with van der Waals surface area (Å²) >= 11 is 6.07. The van der Waals surface area contributed by atoms with Gasteiger partial charge < -0.3 is 9.47 Å². The van der Waals surface area contributed by atoms with E-state index >= 15 is 0 Å². The minimum absolute atomic E-state index is 0.140. The Morgan fingerprint density at radius 3 is 2.58 bits per heavy atom. The monoisotopic (exact) mass is 365 g/mol. The van der Waals surface area contributed by atoms with Gasteiger partial charge in [0.15, 0.2) is 5.82 Å². The average Bonchev–Trinajstić information content (AvgIpc) is 2.92. The van der Waals surface area contributed by atoms with E-state index in [4.69, 9.17) is 18.0 Å². The Hall–Kier alpha value is -2.84.